The van der Waals surface area contributed by atoms with Crippen molar-refractivity contribution in [1.29, 1.82) is 0 Å². The molecular weight excluding hydrogens is 269 g/mol. The van der Waals surface area contributed by atoms with E-state index in [2.05, 4.69) is 15.9 Å². The average molecular weight is 279 g/mol. The van der Waals surface area contributed by atoms with Gasteiger partial charge in [-0.2, -0.15) is 0 Å². The van der Waals surface area contributed by atoms with Gasteiger partial charge < -0.3 is 0 Å². The Morgan fingerprint density at radius 3 is 2.79 bits per heavy atom. The lowest BCUT2D eigenvalue weighted by Gasteiger charge is -2.02. The molecule has 1 aromatic carbocycles. The first kappa shape index (κ1) is 11.5. The van der Waals surface area contributed by atoms with Gasteiger partial charge >= 0.3 is 0 Å². The van der Waals surface area contributed by atoms with Crippen LogP contribution in [0.1, 0.15) is 12.0 Å². The molecule has 3 nitrogen and oxygen atoms in total. The maximum atomic E-state index is 10.7. The second-order valence-electron chi connectivity index (χ2n) is 2.80. The summed E-state index contributed by atoms with van der Waals surface area (Å²) in [5.41, 5.74) is 0.733. The number of alkyl halides is 1. The monoisotopic (exact) mass is 277 g/mol. The third-order valence-electron chi connectivity index (χ3n) is 1.83. The fourth-order valence-corrected chi connectivity index (χ4v) is 1.77. The van der Waals surface area contributed by atoms with Crippen molar-refractivity contribution >= 4 is 33.2 Å². The first-order chi connectivity index (χ1) is 6.66. The Labute approximate surface area is 95.4 Å². The van der Waals surface area contributed by atoms with Crippen LogP contribution in [0.5, 0.6) is 0 Å². The smallest absolute Gasteiger partial charge is 0.258 e. The summed E-state index contributed by atoms with van der Waals surface area (Å²) in [7, 11) is 0. The molecule has 0 spiro atoms. The quantitative estimate of drug-likeness (QED) is 0.480. The molecule has 0 saturated heterocycles. The van der Waals surface area contributed by atoms with Gasteiger partial charge in [0, 0.05) is 10.9 Å². The van der Waals surface area contributed by atoms with Crippen LogP contribution in [-0.4, -0.2) is 10.3 Å². The van der Waals surface area contributed by atoms with E-state index in [-0.39, 0.29) is 10.7 Å². The molecule has 1 aromatic rings. The number of rotatable bonds is 4. The van der Waals surface area contributed by atoms with Crippen molar-refractivity contribution in [1.82, 2.24) is 0 Å². The third kappa shape index (κ3) is 2.69. The first-order valence-corrected chi connectivity index (χ1v) is 5.64. The van der Waals surface area contributed by atoms with Crippen LogP contribution in [0.3, 0.4) is 0 Å². The third-order valence-corrected chi connectivity index (χ3v) is 2.70. The van der Waals surface area contributed by atoms with E-state index in [0.717, 1.165) is 11.8 Å². The molecule has 0 atom stereocenters. The number of benzene rings is 1. The Hall–Kier alpha value is -0.610. The lowest BCUT2D eigenvalue weighted by molar-refractivity contribution is -0.385. The van der Waals surface area contributed by atoms with Crippen molar-refractivity contribution < 1.29 is 4.92 Å². The van der Waals surface area contributed by atoms with Gasteiger partial charge in [0.05, 0.1) is 4.92 Å². The summed E-state index contributed by atoms with van der Waals surface area (Å²) in [4.78, 5) is 10.3. The zero-order valence-corrected chi connectivity index (χ0v) is 9.71. The van der Waals surface area contributed by atoms with Gasteiger partial charge in [-0.25, -0.2) is 0 Å². The maximum absolute atomic E-state index is 10.7. The van der Waals surface area contributed by atoms with E-state index in [1.165, 1.54) is 6.07 Å². The molecule has 0 unspecified atom stereocenters. The van der Waals surface area contributed by atoms with Gasteiger partial charge in [-0.05, 0) is 18.9 Å². The minimum Gasteiger partial charge on any atom is -0.258 e. The van der Waals surface area contributed by atoms with E-state index in [0.29, 0.717) is 12.0 Å². The average Bonchev–Trinajstić information content (AvgIpc) is 2.14. The van der Waals surface area contributed by atoms with Crippen LogP contribution in [0.4, 0.5) is 5.69 Å². The number of nitrogens with zero attached hydrogens (tertiary/aromatic N) is 1. The summed E-state index contributed by atoms with van der Waals surface area (Å²) in [5, 5.41) is 11.8. The summed E-state index contributed by atoms with van der Waals surface area (Å²) in [6.07, 6.45) is 1.53. The Balaban J connectivity index is 3.02. The van der Waals surface area contributed by atoms with Crippen molar-refractivity contribution in [3.8, 4) is 0 Å². The molecular formula is C9H9BrClNO2. The molecule has 14 heavy (non-hydrogen) atoms. The standard InChI is InChI=1S/C9H9BrClNO2/c10-6-2-4-7-3-1-5-8(11)9(7)12(13)14/h1,3,5H,2,4,6H2. The highest BCUT2D eigenvalue weighted by molar-refractivity contribution is 9.09. The molecule has 5 heteroatoms. The summed E-state index contributed by atoms with van der Waals surface area (Å²) in [5.74, 6) is 0. The van der Waals surface area contributed by atoms with Gasteiger partial charge in [0.25, 0.3) is 5.69 Å². The molecule has 0 amide bonds. The van der Waals surface area contributed by atoms with Crippen LogP contribution >= 0.6 is 27.5 Å². The van der Waals surface area contributed by atoms with Crippen LogP contribution < -0.4 is 0 Å². The van der Waals surface area contributed by atoms with E-state index in [4.69, 9.17) is 11.6 Å². The molecule has 0 saturated carbocycles. The van der Waals surface area contributed by atoms with E-state index < -0.39 is 4.92 Å². The van der Waals surface area contributed by atoms with Crippen molar-refractivity contribution in [2.75, 3.05) is 5.33 Å². The van der Waals surface area contributed by atoms with Crippen LogP contribution in [0, 0.1) is 10.1 Å². The SMILES string of the molecule is O=[N+]([O-])c1c(Cl)cccc1CCCBr. The number of hydrogen-bond donors (Lipinski definition) is 0. The lowest BCUT2D eigenvalue weighted by Crippen LogP contribution is -1.96. The number of hydrogen-bond acceptors (Lipinski definition) is 2. The van der Waals surface area contributed by atoms with E-state index in [9.17, 15) is 10.1 Å². The van der Waals surface area contributed by atoms with Crippen LogP contribution in [0.25, 0.3) is 0 Å². The zero-order valence-electron chi connectivity index (χ0n) is 7.37. The first-order valence-electron chi connectivity index (χ1n) is 4.14. The largest absolute Gasteiger partial charge is 0.291 e. The fraction of sp³-hybridized carbons (Fsp3) is 0.333. The van der Waals surface area contributed by atoms with Crippen LogP contribution in [-0.2, 0) is 6.42 Å². The van der Waals surface area contributed by atoms with E-state index in [1.807, 2.05) is 0 Å². The Morgan fingerprint density at radius 1 is 1.50 bits per heavy atom. The van der Waals surface area contributed by atoms with Crippen LogP contribution in [0.15, 0.2) is 18.2 Å². The molecule has 0 aliphatic rings. The normalized spacial score (nSPS) is 10.1. The number of nitro groups is 1. The summed E-state index contributed by atoms with van der Waals surface area (Å²) < 4.78 is 0. The molecule has 1 rings (SSSR count). The zero-order chi connectivity index (χ0) is 10.6. The lowest BCUT2D eigenvalue weighted by atomic mass is 10.1. The summed E-state index contributed by atoms with van der Waals surface area (Å²) in [6.45, 7) is 0. The van der Waals surface area contributed by atoms with Crippen molar-refractivity contribution in [3.05, 3.63) is 38.9 Å². The molecule has 0 radical (unpaired) electrons. The Kier molecular flexibility index (Phi) is 4.35. The van der Waals surface area contributed by atoms with Crippen molar-refractivity contribution in [3.63, 3.8) is 0 Å². The highest BCUT2D eigenvalue weighted by Crippen LogP contribution is 2.28. The minimum absolute atomic E-state index is 0.0371. The van der Waals surface area contributed by atoms with Crippen molar-refractivity contribution in [2.45, 2.75) is 12.8 Å². The van der Waals surface area contributed by atoms with E-state index in [1.54, 1.807) is 12.1 Å². The molecule has 0 aliphatic carbocycles. The molecule has 0 N–H and O–H groups in total. The molecule has 0 heterocycles. The summed E-state index contributed by atoms with van der Waals surface area (Å²) >= 11 is 9.03. The topological polar surface area (TPSA) is 43.1 Å². The predicted molar refractivity (Wildman–Crippen MR) is 60.2 cm³/mol. The molecule has 0 aromatic heterocycles. The van der Waals surface area contributed by atoms with Gasteiger partial charge in [-0.15, -0.1) is 0 Å². The number of nitro benzene ring substituents is 1. The van der Waals surface area contributed by atoms with Gasteiger partial charge in [0.2, 0.25) is 0 Å². The summed E-state index contributed by atoms with van der Waals surface area (Å²) in [6, 6.07) is 5.02. The van der Waals surface area contributed by atoms with Crippen LogP contribution in [0.2, 0.25) is 5.02 Å². The van der Waals surface area contributed by atoms with Gasteiger partial charge in [0.1, 0.15) is 5.02 Å². The highest BCUT2D eigenvalue weighted by Gasteiger charge is 2.17. The second kappa shape index (κ2) is 5.32. The van der Waals surface area contributed by atoms with E-state index >= 15 is 0 Å². The number of halogens is 2. The highest BCUT2D eigenvalue weighted by atomic mass is 79.9. The van der Waals surface area contributed by atoms with Crippen molar-refractivity contribution in [2.24, 2.45) is 0 Å². The maximum Gasteiger partial charge on any atom is 0.291 e. The molecule has 0 fully saturated rings. The second-order valence-corrected chi connectivity index (χ2v) is 4.00. The molecule has 0 aliphatic heterocycles. The van der Waals surface area contributed by atoms with Gasteiger partial charge in [-0.3, -0.25) is 10.1 Å². The Morgan fingerprint density at radius 2 is 2.21 bits per heavy atom. The molecule has 76 valence electrons. The number of aryl methyl sites for hydroxylation is 1. The minimum atomic E-state index is -0.425. The molecule has 0 bridgehead atoms. The predicted octanol–water partition coefficient (Wildman–Crippen LogP) is 3.58. The number of para-hydroxylation sites is 1. The van der Waals surface area contributed by atoms with Gasteiger partial charge in [0.15, 0.2) is 0 Å². The van der Waals surface area contributed by atoms with Gasteiger partial charge in [-0.1, -0.05) is 39.7 Å². The Bertz CT molecular complexity index is 344. The fourth-order valence-electron chi connectivity index (χ4n) is 1.22.